The largest absolute Gasteiger partial charge is 0.274 e. The number of aromatic nitrogens is 4. The molecule has 0 spiro atoms. The molecule has 1 N–H and O–H groups in total. The maximum absolute atomic E-state index is 12.2. The Hall–Kier alpha value is -2.10. The minimum Gasteiger partial charge on any atom is -0.274 e. The summed E-state index contributed by atoms with van der Waals surface area (Å²) in [4.78, 5) is 9.60. The summed E-state index contributed by atoms with van der Waals surface area (Å²) in [6, 6.07) is 3.84. The van der Waals surface area contributed by atoms with Crippen molar-refractivity contribution in [3.63, 3.8) is 0 Å². The molecule has 0 saturated carbocycles. The van der Waals surface area contributed by atoms with Gasteiger partial charge in [0.2, 0.25) is 10.0 Å². The van der Waals surface area contributed by atoms with Crippen molar-refractivity contribution in [2.45, 2.75) is 11.4 Å². The zero-order valence-electron chi connectivity index (χ0n) is 11.7. The molecule has 0 aromatic carbocycles. The molecule has 3 aromatic heterocycles. The third kappa shape index (κ3) is 3.06. The Morgan fingerprint density at radius 3 is 2.82 bits per heavy atom. The average Bonchev–Trinajstić information content (AvgIpc) is 3.17. The fourth-order valence-corrected chi connectivity index (χ4v) is 3.61. The van der Waals surface area contributed by atoms with E-state index in [9.17, 15) is 8.42 Å². The molecule has 22 heavy (non-hydrogen) atoms. The molecule has 0 atom stereocenters. The highest BCUT2D eigenvalue weighted by atomic mass is 32.2. The molecule has 7 nitrogen and oxygen atoms in total. The molecule has 0 unspecified atom stereocenters. The highest BCUT2D eigenvalue weighted by molar-refractivity contribution is 7.89. The molecule has 3 rings (SSSR count). The maximum Gasteiger partial charge on any atom is 0.244 e. The Kier molecular flexibility index (Phi) is 4.01. The predicted octanol–water partition coefficient (Wildman–Crippen LogP) is 1.42. The Morgan fingerprint density at radius 1 is 1.32 bits per heavy atom. The van der Waals surface area contributed by atoms with Crippen LogP contribution in [-0.4, -0.2) is 28.2 Å². The zero-order chi connectivity index (χ0) is 15.6. The summed E-state index contributed by atoms with van der Waals surface area (Å²) in [7, 11) is -1.96. The van der Waals surface area contributed by atoms with E-state index in [0.717, 1.165) is 4.88 Å². The summed E-state index contributed by atoms with van der Waals surface area (Å²) in [6.07, 6.45) is 5.89. The van der Waals surface area contributed by atoms with Crippen LogP contribution in [0.25, 0.3) is 10.6 Å². The number of hydrogen-bond donors (Lipinski definition) is 1. The molecular formula is C13H13N5O2S2. The van der Waals surface area contributed by atoms with Crippen molar-refractivity contribution in [1.82, 2.24) is 24.5 Å². The predicted molar refractivity (Wildman–Crippen MR) is 82.6 cm³/mol. The van der Waals surface area contributed by atoms with Crippen LogP contribution in [0.3, 0.4) is 0 Å². The first-order chi connectivity index (χ1) is 10.6. The van der Waals surface area contributed by atoms with E-state index >= 15 is 0 Å². The number of nitrogens with one attached hydrogen (secondary N) is 1. The molecule has 0 aliphatic carbocycles. The van der Waals surface area contributed by atoms with Gasteiger partial charge in [0, 0.05) is 25.6 Å². The van der Waals surface area contributed by atoms with E-state index in [1.807, 2.05) is 17.5 Å². The van der Waals surface area contributed by atoms with E-state index in [1.165, 1.54) is 28.4 Å². The van der Waals surface area contributed by atoms with E-state index < -0.39 is 10.0 Å². The minimum atomic E-state index is -3.62. The molecule has 114 valence electrons. The van der Waals surface area contributed by atoms with E-state index in [0.29, 0.717) is 11.4 Å². The molecule has 0 saturated heterocycles. The number of hydrogen-bond acceptors (Lipinski definition) is 6. The van der Waals surface area contributed by atoms with Crippen LogP contribution in [0.1, 0.15) is 5.69 Å². The summed E-state index contributed by atoms with van der Waals surface area (Å²) >= 11 is 1.53. The van der Waals surface area contributed by atoms with Crippen molar-refractivity contribution in [1.29, 1.82) is 0 Å². The second-order valence-electron chi connectivity index (χ2n) is 4.50. The van der Waals surface area contributed by atoms with Crippen LogP contribution in [-0.2, 0) is 23.6 Å². The van der Waals surface area contributed by atoms with Gasteiger partial charge in [0.1, 0.15) is 10.6 Å². The SMILES string of the molecule is Cn1cc(S(=O)(=O)NCc2nccnc2-c2cccs2)cn1. The number of rotatable bonds is 5. The first kappa shape index (κ1) is 14.8. The van der Waals surface area contributed by atoms with Gasteiger partial charge in [-0.1, -0.05) is 6.07 Å². The molecule has 0 radical (unpaired) electrons. The van der Waals surface area contributed by atoms with Crippen LogP contribution in [0, 0.1) is 0 Å². The summed E-state index contributed by atoms with van der Waals surface area (Å²) in [5, 5.41) is 5.81. The highest BCUT2D eigenvalue weighted by Gasteiger charge is 2.17. The summed E-state index contributed by atoms with van der Waals surface area (Å²) in [6.45, 7) is 0.0678. The Morgan fingerprint density at radius 2 is 2.14 bits per heavy atom. The van der Waals surface area contributed by atoms with Gasteiger partial charge in [-0.2, -0.15) is 5.10 Å². The quantitative estimate of drug-likeness (QED) is 0.761. The molecule has 0 amide bonds. The van der Waals surface area contributed by atoms with Crippen molar-refractivity contribution in [2.24, 2.45) is 7.05 Å². The van der Waals surface area contributed by atoms with Crippen LogP contribution in [0.4, 0.5) is 0 Å². The summed E-state index contributed by atoms with van der Waals surface area (Å²) < 4.78 is 28.4. The second kappa shape index (κ2) is 5.95. The van der Waals surface area contributed by atoms with Crippen molar-refractivity contribution in [2.75, 3.05) is 0 Å². The van der Waals surface area contributed by atoms with Gasteiger partial charge in [-0.3, -0.25) is 14.6 Å². The molecule has 0 aliphatic heterocycles. The van der Waals surface area contributed by atoms with Crippen molar-refractivity contribution >= 4 is 21.4 Å². The van der Waals surface area contributed by atoms with E-state index in [1.54, 1.807) is 19.4 Å². The summed E-state index contributed by atoms with van der Waals surface area (Å²) in [5.74, 6) is 0. The minimum absolute atomic E-state index is 0.0678. The van der Waals surface area contributed by atoms with Crippen molar-refractivity contribution in [3.05, 3.63) is 48.0 Å². The van der Waals surface area contributed by atoms with Gasteiger partial charge in [-0.05, 0) is 11.4 Å². The maximum atomic E-state index is 12.2. The molecule has 0 bridgehead atoms. The van der Waals surface area contributed by atoms with Crippen molar-refractivity contribution in [3.8, 4) is 10.6 Å². The number of nitrogens with zero attached hydrogens (tertiary/aromatic N) is 4. The molecule has 0 aliphatic rings. The standard InChI is InChI=1S/C13H13N5O2S2/c1-18-9-10(7-16-18)22(19,20)17-8-11-13(15-5-4-14-11)12-3-2-6-21-12/h2-7,9,17H,8H2,1H3. The Bertz CT molecular complexity index is 871. The Balaban J connectivity index is 1.83. The number of aryl methyl sites for hydroxylation is 1. The van der Waals surface area contributed by atoms with E-state index in [-0.39, 0.29) is 11.4 Å². The number of sulfonamides is 1. The van der Waals surface area contributed by atoms with Crippen LogP contribution in [0.15, 0.2) is 47.2 Å². The van der Waals surface area contributed by atoms with Crippen LogP contribution >= 0.6 is 11.3 Å². The lowest BCUT2D eigenvalue weighted by molar-refractivity contribution is 0.580. The first-order valence-corrected chi connectivity index (χ1v) is 8.74. The first-order valence-electron chi connectivity index (χ1n) is 6.38. The number of thiophene rings is 1. The Labute approximate surface area is 131 Å². The van der Waals surface area contributed by atoms with Crippen molar-refractivity contribution < 1.29 is 8.42 Å². The second-order valence-corrected chi connectivity index (χ2v) is 7.22. The molecular weight excluding hydrogens is 322 g/mol. The summed E-state index contributed by atoms with van der Waals surface area (Å²) in [5.41, 5.74) is 1.27. The lowest BCUT2D eigenvalue weighted by atomic mass is 10.2. The average molecular weight is 335 g/mol. The normalized spacial score (nSPS) is 11.7. The third-order valence-corrected chi connectivity index (χ3v) is 5.18. The fraction of sp³-hybridized carbons (Fsp3) is 0.154. The van der Waals surface area contributed by atoms with Crippen LogP contribution in [0.5, 0.6) is 0 Å². The topological polar surface area (TPSA) is 89.8 Å². The van der Waals surface area contributed by atoms with Gasteiger partial charge in [-0.15, -0.1) is 11.3 Å². The smallest absolute Gasteiger partial charge is 0.244 e. The third-order valence-electron chi connectivity index (χ3n) is 2.95. The monoisotopic (exact) mass is 335 g/mol. The van der Waals surface area contributed by atoms with Crippen LogP contribution < -0.4 is 4.72 Å². The van der Waals surface area contributed by atoms with Gasteiger partial charge < -0.3 is 0 Å². The van der Waals surface area contributed by atoms with Gasteiger partial charge in [0.15, 0.2) is 0 Å². The van der Waals surface area contributed by atoms with Gasteiger partial charge >= 0.3 is 0 Å². The van der Waals surface area contributed by atoms with E-state index in [4.69, 9.17) is 0 Å². The fourth-order valence-electron chi connectivity index (χ4n) is 1.90. The zero-order valence-corrected chi connectivity index (χ0v) is 13.3. The lowest BCUT2D eigenvalue weighted by Gasteiger charge is -2.07. The molecule has 9 heteroatoms. The molecule has 3 aromatic rings. The molecule has 0 fully saturated rings. The lowest BCUT2D eigenvalue weighted by Crippen LogP contribution is -2.24. The van der Waals surface area contributed by atoms with Gasteiger partial charge in [-0.25, -0.2) is 13.1 Å². The van der Waals surface area contributed by atoms with Gasteiger partial charge in [0.05, 0.1) is 23.3 Å². The van der Waals surface area contributed by atoms with Gasteiger partial charge in [0.25, 0.3) is 0 Å². The molecule has 3 heterocycles. The van der Waals surface area contributed by atoms with Crippen LogP contribution in [0.2, 0.25) is 0 Å². The van der Waals surface area contributed by atoms with E-state index in [2.05, 4.69) is 19.8 Å². The highest BCUT2D eigenvalue weighted by Crippen LogP contribution is 2.24.